The summed E-state index contributed by atoms with van der Waals surface area (Å²) < 4.78 is 1.24. The van der Waals surface area contributed by atoms with E-state index < -0.39 is 11.3 Å². The molecule has 154 valence electrons. The van der Waals surface area contributed by atoms with Gasteiger partial charge in [-0.1, -0.05) is 48.4 Å². The molecule has 1 heterocycles. The SMILES string of the molecule is CCn1nc(C(=O)NNC(=O)C2(c3ccc(Cl)cc3)CCC2)c2ccccc2c1=O. The quantitative estimate of drug-likeness (QED) is 0.630. The van der Waals surface area contributed by atoms with Gasteiger partial charge in [0.05, 0.1) is 10.8 Å². The molecule has 2 aromatic carbocycles. The molecule has 0 bridgehead atoms. The van der Waals surface area contributed by atoms with E-state index in [0.29, 0.717) is 35.2 Å². The summed E-state index contributed by atoms with van der Waals surface area (Å²) in [5.74, 6) is -0.857. The maximum absolute atomic E-state index is 13.0. The molecule has 30 heavy (non-hydrogen) atoms. The third-order valence-corrected chi connectivity index (χ3v) is 5.96. The van der Waals surface area contributed by atoms with Gasteiger partial charge in [-0.05, 0) is 43.5 Å². The third-order valence-electron chi connectivity index (χ3n) is 5.71. The zero-order valence-electron chi connectivity index (χ0n) is 16.4. The molecule has 0 radical (unpaired) electrons. The summed E-state index contributed by atoms with van der Waals surface area (Å²) in [6.45, 7) is 2.11. The second kappa shape index (κ2) is 7.91. The molecule has 8 heteroatoms. The lowest BCUT2D eigenvalue weighted by molar-refractivity contribution is -0.130. The Labute approximate surface area is 178 Å². The minimum Gasteiger partial charge on any atom is -0.272 e. The van der Waals surface area contributed by atoms with Crippen LogP contribution in [0.5, 0.6) is 0 Å². The van der Waals surface area contributed by atoms with E-state index in [1.54, 1.807) is 43.3 Å². The topological polar surface area (TPSA) is 93.1 Å². The average molecular weight is 425 g/mol. The molecular weight excluding hydrogens is 404 g/mol. The van der Waals surface area contributed by atoms with Crippen molar-refractivity contribution in [3.05, 3.63) is 75.2 Å². The Kier molecular flexibility index (Phi) is 5.30. The number of fused-ring (bicyclic) bond motifs is 1. The van der Waals surface area contributed by atoms with Crippen LogP contribution in [0.2, 0.25) is 5.02 Å². The molecule has 7 nitrogen and oxygen atoms in total. The molecule has 0 saturated heterocycles. The first-order valence-corrected chi connectivity index (χ1v) is 10.2. The highest BCUT2D eigenvalue weighted by Crippen LogP contribution is 2.44. The van der Waals surface area contributed by atoms with E-state index in [1.807, 2.05) is 12.1 Å². The molecule has 1 fully saturated rings. The highest BCUT2D eigenvalue weighted by atomic mass is 35.5. The van der Waals surface area contributed by atoms with Crippen molar-refractivity contribution in [1.82, 2.24) is 20.6 Å². The summed E-state index contributed by atoms with van der Waals surface area (Å²) in [7, 11) is 0. The lowest BCUT2D eigenvalue weighted by Gasteiger charge is -2.40. The Balaban J connectivity index is 1.58. The van der Waals surface area contributed by atoms with Crippen LogP contribution >= 0.6 is 11.6 Å². The van der Waals surface area contributed by atoms with E-state index in [9.17, 15) is 14.4 Å². The molecule has 0 spiro atoms. The van der Waals surface area contributed by atoms with Crippen molar-refractivity contribution in [2.45, 2.75) is 38.1 Å². The molecule has 0 atom stereocenters. The molecule has 1 aromatic heterocycles. The fourth-order valence-corrected chi connectivity index (χ4v) is 3.98. The standard InChI is InChI=1S/C22H21ClN4O3/c1-2-27-20(29)17-7-4-3-6-16(17)18(26-27)19(28)24-25-21(30)22(12-5-13-22)14-8-10-15(23)11-9-14/h3-4,6-11H,2,5,12-13H2,1H3,(H,24,28)(H,25,30). The van der Waals surface area contributed by atoms with Crippen molar-refractivity contribution in [3.63, 3.8) is 0 Å². The van der Waals surface area contributed by atoms with Crippen LogP contribution < -0.4 is 16.4 Å². The highest BCUT2D eigenvalue weighted by Gasteiger charge is 2.45. The van der Waals surface area contributed by atoms with Crippen molar-refractivity contribution < 1.29 is 9.59 Å². The van der Waals surface area contributed by atoms with Gasteiger partial charge >= 0.3 is 0 Å². The Morgan fingerprint density at radius 2 is 1.73 bits per heavy atom. The predicted octanol–water partition coefficient (Wildman–Crippen LogP) is 2.95. The molecule has 3 aromatic rings. The maximum atomic E-state index is 13.0. The van der Waals surface area contributed by atoms with E-state index in [1.165, 1.54) is 4.68 Å². The van der Waals surface area contributed by atoms with Gasteiger partial charge in [0.1, 0.15) is 0 Å². The third kappa shape index (κ3) is 3.35. The van der Waals surface area contributed by atoms with Gasteiger partial charge in [0, 0.05) is 17.0 Å². The van der Waals surface area contributed by atoms with Crippen molar-refractivity contribution in [1.29, 1.82) is 0 Å². The van der Waals surface area contributed by atoms with Crippen molar-refractivity contribution >= 4 is 34.2 Å². The van der Waals surface area contributed by atoms with Gasteiger partial charge in [-0.15, -0.1) is 0 Å². The van der Waals surface area contributed by atoms with E-state index in [2.05, 4.69) is 16.0 Å². The smallest absolute Gasteiger partial charge is 0.272 e. The number of hydrogen-bond acceptors (Lipinski definition) is 4. The minimum absolute atomic E-state index is 0.0847. The van der Waals surface area contributed by atoms with Gasteiger partial charge in [0.25, 0.3) is 11.5 Å². The maximum Gasteiger partial charge on any atom is 0.290 e. The van der Waals surface area contributed by atoms with Crippen molar-refractivity contribution in [3.8, 4) is 0 Å². The Morgan fingerprint density at radius 3 is 2.33 bits per heavy atom. The van der Waals surface area contributed by atoms with E-state index in [4.69, 9.17) is 11.6 Å². The number of carbonyl (C=O) groups is 2. The van der Waals surface area contributed by atoms with Crippen molar-refractivity contribution in [2.24, 2.45) is 0 Å². The van der Waals surface area contributed by atoms with Crippen LogP contribution in [-0.2, 0) is 16.8 Å². The van der Waals surface area contributed by atoms with Gasteiger partial charge in [-0.3, -0.25) is 25.2 Å². The molecule has 1 aliphatic carbocycles. The molecular formula is C22H21ClN4O3. The average Bonchev–Trinajstić information content (AvgIpc) is 2.73. The lowest BCUT2D eigenvalue weighted by atomic mass is 9.64. The van der Waals surface area contributed by atoms with Crippen LogP contribution in [0.15, 0.2) is 53.3 Å². The number of aryl methyl sites for hydroxylation is 1. The first-order valence-electron chi connectivity index (χ1n) is 9.83. The number of nitrogens with one attached hydrogen (secondary N) is 2. The van der Waals surface area contributed by atoms with E-state index in [-0.39, 0.29) is 17.2 Å². The van der Waals surface area contributed by atoms with Gasteiger partial charge in [-0.2, -0.15) is 5.10 Å². The van der Waals surface area contributed by atoms with Gasteiger partial charge in [0.2, 0.25) is 5.91 Å². The second-order valence-corrected chi connectivity index (χ2v) is 7.80. The van der Waals surface area contributed by atoms with E-state index in [0.717, 1.165) is 12.0 Å². The fraction of sp³-hybridized carbons (Fsp3) is 0.273. The first-order chi connectivity index (χ1) is 14.5. The molecule has 2 N–H and O–H groups in total. The van der Waals surface area contributed by atoms with Crippen LogP contribution in [0.1, 0.15) is 42.2 Å². The number of amides is 2. The van der Waals surface area contributed by atoms with Gasteiger partial charge in [-0.25, -0.2) is 4.68 Å². The summed E-state index contributed by atoms with van der Waals surface area (Å²) in [4.78, 5) is 38.3. The predicted molar refractivity (Wildman–Crippen MR) is 114 cm³/mol. The van der Waals surface area contributed by atoms with Crippen LogP contribution in [-0.4, -0.2) is 21.6 Å². The van der Waals surface area contributed by atoms with Gasteiger partial charge in [0.15, 0.2) is 5.69 Å². The molecule has 1 aliphatic rings. The first kappa shape index (κ1) is 20.1. The molecule has 4 rings (SSSR count). The monoisotopic (exact) mass is 424 g/mol. The Hall–Kier alpha value is -3.19. The number of hydrazine groups is 1. The number of carbonyl (C=O) groups excluding carboxylic acids is 2. The summed E-state index contributed by atoms with van der Waals surface area (Å²) in [6, 6.07) is 14.0. The summed E-state index contributed by atoms with van der Waals surface area (Å²) >= 11 is 5.97. The number of hydrogen-bond donors (Lipinski definition) is 2. The van der Waals surface area contributed by atoms with Gasteiger partial charge < -0.3 is 0 Å². The highest BCUT2D eigenvalue weighted by molar-refractivity contribution is 6.30. The largest absolute Gasteiger partial charge is 0.290 e. The van der Waals surface area contributed by atoms with Crippen LogP contribution in [0, 0.1) is 0 Å². The lowest BCUT2D eigenvalue weighted by Crippen LogP contribution is -2.54. The summed E-state index contributed by atoms with van der Waals surface area (Å²) in [5.41, 5.74) is 5.04. The van der Waals surface area contributed by atoms with Crippen LogP contribution in [0.4, 0.5) is 0 Å². The van der Waals surface area contributed by atoms with E-state index >= 15 is 0 Å². The number of halogens is 1. The Bertz CT molecular complexity index is 1180. The molecule has 0 aliphatic heterocycles. The minimum atomic E-state index is -0.685. The Morgan fingerprint density at radius 1 is 1.07 bits per heavy atom. The molecule has 0 unspecified atom stereocenters. The number of aromatic nitrogens is 2. The summed E-state index contributed by atoms with van der Waals surface area (Å²) in [5, 5.41) is 5.63. The molecule has 1 saturated carbocycles. The van der Waals surface area contributed by atoms with Crippen molar-refractivity contribution in [2.75, 3.05) is 0 Å². The zero-order valence-corrected chi connectivity index (χ0v) is 17.2. The number of rotatable bonds is 4. The summed E-state index contributed by atoms with van der Waals surface area (Å²) in [6.07, 6.45) is 2.31. The number of benzene rings is 2. The normalized spacial score (nSPS) is 14.7. The number of nitrogens with zero attached hydrogens (tertiary/aromatic N) is 2. The molecule has 2 amide bonds. The second-order valence-electron chi connectivity index (χ2n) is 7.37. The van der Waals surface area contributed by atoms with Crippen LogP contribution in [0.3, 0.4) is 0 Å². The zero-order chi connectivity index (χ0) is 21.3. The fourth-order valence-electron chi connectivity index (χ4n) is 3.86. The van der Waals surface area contributed by atoms with Crippen LogP contribution in [0.25, 0.3) is 10.8 Å².